The minimum Gasteiger partial charge on any atom is -0.253 e. The Bertz CT molecular complexity index is 1420. The summed E-state index contributed by atoms with van der Waals surface area (Å²) >= 11 is 8.00. The van der Waals surface area contributed by atoms with E-state index >= 15 is 0 Å². The van der Waals surface area contributed by atoms with E-state index in [0.29, 0.717) is 0 Å². The van der Waals surface area contributed by atoms with E-state index in [0.717, 1.165) is 56.1 Å². The molecule has 0 saturated carbocycles. The molecule has 0 spiro atoms. The van der Waals surface area contributed by atoms with Crippen molar-refractivity contribution in [2.24, 2.45) is 20.0 Å². The van der Waals surface area contributed by atoms with Crippen LogP contribution in [0.5, 0.6) is 0 Å². The van der Waals surface area contributed by atoms with Crippen molar-refractivity contribution >= 4 is 42.6 Å². The third-order valence-corrected chi connectivity index (χ3v) is 12.5. The van der Waals surface area contributed by atoms with Gasteiger partial charge in [-0.2, -0.15) is 0 Å². The number of nitrogens with zero attached hydrogens (tertiary/aromatic N) is 4. The van der Waals surface area contributed by atoms with Crippen molar-refractivity contribution in [3.63, 3.8) is 0 Å². The van der Waals surface area contributed by atoms with Crippen molar-refractivity contribution in [3.05, 3.63) is 42.5 Å². The predicted octanol–water partition coefficient (Wildman–Crippen LogP) is 13.3. The van der Waals surface area contributed by atoms with Crippen molar-refractivity contribution in [2.75, 3.05) is 0 Å². The van der Waals surface area contributed by atoms with Crippen molar-refractivity contribution in [1.82, 2.24) is 0 Å². The first-order chi connectivity index (χ1) is 24.4. The normalized spacial score (nSPS) is 15.4. The molecule has 0 aromatic heterocycles. The van der Waals surface area contributed by atoms with E-state index in [2.05, 4.69) is 71.7 Å². The smallest absolute Gasteiger partial charge is 0.151 e. The molecular weight excluding hydrogens is 744 g/mol. The van der Waals surface area contributed by atoms with Crippen molar-refractivity contribution in [1.29, 1.82) is 0 Å². The van der Waals surface area contributed by atoms with Gasteiger partial charge in [0, 0.05) is 19.7 Å². The van der Waals surface area contributed by atoms with Crippen molar-refractivity contribution in [2.45, 2.75) is 219 Å². The number of fused-ring (bicyclic) bond motifs is 5. The number of hydrogen-bond donors (Lipinski definition) is 0. The van der Waals surface area contributed by atoms with Gasteiger partial charge in [0.1, 0.15) is 10.7 Å². The Labute approximate surface area is 322 Å². The summed E-state index contributed by atoms with van der Waals surface area (Å²) in [6.07, 6.45) is 35.3. The van der Waals surface area contributed by atoms with Gasteiger partial charge in [-0.15, -0.1) is 0 Å². The Morgan fingerprint density at radius 1 is 0.360 bits per heavy atom. The Morgan fingerprint density at radius 3 is 0.880 bits per heavy atom. The minimum absolute atomic E-state index is 0.346. The van der Waals surface area contributed by atoms with Gasteiger partial charge in [0.05, 0.1) is 10.7 Å². The van der Waals surface area contributed by atoms with Crippen LogP contribution in [-0.2, 0) is 0 Å². The number of rotatable bonds is 28. The molecule has 4 rings (SSSR count). The van der Waals surface area contributed by atoms with Crippen LogP contribution in [0.3, 0.4) is 0 Å². The molecule has 2 aliphatic rings. The number of halogens is 2. The summed E-state index contributed by atoms with van der Waals surface area (Å²) in [5.41, 5.74) is -0.693. The highest BCUT2D eigenvalue weighted by Gasteiger charge is 2.34. The molecule has 0 amide bonds. The average molecular weight is 815 g/mol. The molecule has 2 aromatic carbocycles. The fourth-order valence-electron chi connectivity index (χ4n) is 8.19. The second-order valence-electron chi connectivity index (χ2n) is 15.7. The fraction of sp³-hybridized carbons (Fsp3) is 0.773. The first kappa shape index (κ1) is 41.6. The van der Waals surface area contributed by atoms with Crippen LogP contribution in [0.15, 0.2) is 41.0 Å². The highest BCUT2D eigenvalue weighted by Crippen LogP contribution is 2.33. The Hall–Kier alpha value is -1.14. The van der Waals surface area contributed by atoms with E-state index in [9.17, 15) is 0 Å². The van der Waals surface area contributed by atoms with Crippen molar-refractivity contribution in [3.8, 4) is 0 Å². The van der Waals surface area contributed by atoms with Gasteiger partial charge in [0.2, 0.25) is 0 Å². The molecule has 0 aliphatic carbocycles. The zero-order valence-corrected chi connectivity index (χ0v) is 35.7. The van der Waals surface area contributed by atoms with Crippen LogP contribution in [0.25, 0.3) is 10.8 Å². The second kappa shape index (κ2) is 22.2. The lowest BCUT2D eigenvalue weighted by Crippen LogP contribution is -2.30. The summed E-state index contributed by atoms with van der Waals surface area (Å²) in [4.78, 5) is 22.3. The topological polar surface area (TPSA) is 49.4 Å². The van der Waals surface area contributed by atoms with Crippen LogP contribution in [0.2, 0.25) is 0 Å². The molecule has 0 N–H and O–H groups in total. The van der Waals surface area contributed by atoms with Gasteiger partial charge in [0.25, 0.3) is 0 Å². The lowest BCUT2D eigenvalue weighted by atomic mass is 9.95. The van der Waals surface area contributed by atoms with Crippen LogP contribution < -0.4 is 21.4 Å². The highest BCUT2D eigenvalue weighted by molar-refractivity contribution is 9.10. The predicted molar refractivity (Wildman–Crippen MR) is 221 cm³/mol. The van der Waals surface area contributed by atoms with Crippen LogP contribution in [0.1, 0.15) is 207 Å². The zero-order valence-electron chi connectivity index (χ0n) is 32.5. The molecule has 6 heteroatoms. The summed E-state index contributed by atoms with van der Waals surface area (Å²) in [5.74, 6) is 0. The third kappa shape index (κ3) is 11.9. The van der Waals surface area contributed by atoms with E-state index in [4.69, 9.17) is 20.0 Å². The maximum Gasteiger partial charge on any atom is 0.151 e. The van der Waals surface area contributed by atoms with Gasteiger partial charge in [-0.1, -0.05) is 156 Å². The molecule has 0 fully saturated rings. The Morgan fingerprint density at radius 2 is 0.600 bits per heavy atom. The maximum absolute atomic E-state index is 5.62. The Balaban J connectivity index is 1.67. The molecule has 0 bridgehead atoms. The lowest BCUT2D eigenvalue weighted by molar-refractivity contribution is 0.348. The molecule has 0 atom stereocenters. The second-order valence-corrected chi connectivity index (χ2v) is 17.4. The zero-order chi connectivity index (χ0) is 35.7. The summed E-state index contributed by atoms with van der Waals surface area (Å²) in [7, 11) is 0. The molecule has 0 unspecified atom stereocenters. The average Bonchev–Trinajstić information content (AvgIpc) is 3.69. The van der Waals surface area contributed by atoms with Crippen LogP contribution >= 0.6 is 31.9 Å². The van der Waals surface area contributed by atoms with Gasteiger partial charge >= 0.3 is 0 Å². The van der Waals surface area contributed by atoms with Crippen LogP contribution in [0.4, 0.5) is 0 Å². The van der Waals surface area contributed by atoms with Crippen LogP contribution in [0, 0.1) is 0 Å². The summed E-state index contributed by atoms with van der Waals surface area (Å²) in [6, 6.07) is 4.57. The quantitative estimate of drug-likeness (QED) is 0.0769. The highest BCUT2D eigenvalue weighted by atomic mass is 79.9. The Kier molecular flexibility index (Phi) is 18.4. The monoisotopic (exact) mass is 812 g/mol. The van der Waals surface area contributed by atoms with Gasteiger partial charge in [-0.3, -0.25) is 20.0 Å². The van der Waals surface area contributed by atoms with Gasteiger partial charge in [-0.25, -0.2) is 0 Å². The molecular formula is C44H70Br2N4. The molecule has 2 heterocycles. The summed E-state index contributed by atoms with van der Waals surface area (Å²) < 4.78 is 2.11. The minimum atomic E-state index is -0.346. The molecule has 50 heavy (non-hydrogen) atoms. The first-order valence-corrected chi connectivity index (χ1v) is 22.9. The molecule has 2 aromatic rings. The standard InChI is InChI=1S/C44H70Br2N4/c1-5-9-13-17-21-25-29-43(30-26-22-18-14-10-6-2)47-39-35-33-38(46)42-40(36(35)34-37(45)41(39)49-43)48-44(50-42,31-27-23-19-15-11-7-3)32-28-24-20-16-12-8-4/h33-34H,5-32H2,1-4H3. The largest absolute Gasteiger partial charge is 0.253 e. The first-order valence-electron chi connectivity index (χ1n) is 21.3. The number of benzene rings is 2. The molecule has 0 saturated heterocycles. The SMILES string of the molecule is CCCCCCCCC1(CCCCCCCC)N=c2c(Br)cc3c4c(c(Br)cc3c2=N1)=NC(CCCCCCCC)(CCCCCCCC)N=4. The fourth-order valence-corrected chi connectivity index (χ4v) is 9.20. The maximum atomic E-state index is 5.62. The third-order valence-electron chi connectivity index (χ3n) is 11.2. The van der Waals surface area contributed by atoms with E-state index in [1.807, 2.05) is 0 Å². The summed E-state index contributed by atoms with van der Waals surface area (Å²) in [5, 5.41) is 6.57. The molecule has 280 valence electrons. The van der Waals surface area contributed by atoms with Crippen molar-refractivity contribution < 1.29 is 0 Å². The van der Waals surface area contributed by atoms with Crippen LogP contribution in [-0.4, -0.2) is 11.3 Å². The molecule has 2 aliphatic heterocycles. The summed E-state index contributed by atoms with van der Waals surface area (Å²) in [6.45, 7) is 9.19. The van der Waals surface area contributed by atoms with Gasteiger partial charge in [-0.05, 0) is 95.4 Å². The number of unbranched alkanes of at least 4 members (excludes halogenated alkanes) is 20. The molecule has 0 radical (unpaired) electrons. The van der Waals surface area contributed by atoms with E-state index in [1.54, 1.807) is 0 Å². The van der Waals surface area contributed by atoms with E-state index in [1.165, 1.54) is 165 Å². The van der Waals surface area contributed by atoms with E-state index in [-0.39, 0.29) is 11.3 Å². The van der Waals surface area contributed by atoms with Gasteiger partial charge in [0.15, 0.2) is 11.3 Å². The van der Waals surface area contributed by atoms with E-state index < -0.39 is 0 Å². The lowest BCUT2D eigenvalue weighted by Gasteiger charge is -2.23. The number of hydrogen-bond acceptors (Lipinski definition) is 4. The molecule has 4 nitrogen and oxygen atoms in total. The van der Waals surface area contributed by atoms with Gasteiger partial charge < -0.3 is 0 Å².